The number of ether oxygens (including phenoxy) is 1. The maximum absolute atomic E-state index is 13.6. The Balaban J connectivity index is 1.45. The lowest BCUT2D eigenvalue weighted by molar-refractivity contribution is -0.159. The summed E-state index contributed by atoms with van der Waals surface area (Å²) in [7, 11) is 1.78. The van der Waals surface area contributed by atoms with Crippen LogP contribution in [0.4, 0.5) is 4.79 Å². The molecule has 2 aliphatic carbocycles. The summed E-state index contributed by atoms with van der Waals surface area (Å²) in [6, 6.07) is 9.52. The van der Waals surface area contributed by atoms with Gasteiger partial charge in [0.25, 0.3) is 5.91 Å². The zero-order valence-electron chi connectivity index (χ0n) is 18.5. The molecule has 4 rings (SSSR count). The van der Waals surface area contributed by atoms with E-state index < -0.39 is 11.2 Å². The lowest BCUT2D eigenvalue weighted by atomic mass is 9.79. The Bertz CT molecular complexity index is 787. The van der Waals surface area contributed by atoms with Crippen molar-refractivity contribution in [3.8, 4) is 0 Å². The second kappa shape index (κ2) is 7.56. The molecule has 0 aromatic heterocycles. The molecule has 3 unspecified atom stereocenters. The zero-order chi connectivity index (χ0) is 21.7. The van der Waals surface area contributed by atoms with Crippen molar-refractivity contribution < 1.29 is 19.4 Å². The molecule has 0 bridgehead atoms. The van der Waals surface area contributed by atoms with Crippen molar-refractivity contribution in [2.45, 2.75) is 63.7 Å². The third-order valence-corrected chi connectivity index (χ3v) is 7.05. The van der Waals surface area contributed by atoms with Gasteiger partial charge in [0.15, 0.2) is 5.60 Å². The highest BCUT2D eigenvalue weighted by Gasteiger charge is 2.62. The number of carbonyl (C=O) groups excluding carboxylic acids is 2. The molecule has 1 heterocycles. The summed E-state index contributed by atoms with van der Waals surface area (Å²) >= 11 is 0. The highest BCUT2D eigenvalue weighted by atomic mass is 16.6. The third-order valence-electron chi connectivity index (χ3n) is 7.05. The van der Waals surface area contributed by atoms with Crippen LogP contribution in [-0.4, -0.2) is 58.7 Å². The van der Waals surface area contributed by atoms with Gasteiger partial charge in [-0.15, -0.1) is 0 Å². The van der Waals surface area contributed by atoms with Gasteiger partial charge in [-0.25, -0.2) is 4.79 Å². The molecule has 2 saturated carbocycles. The molecule has 6 heteroatoms. The summed E-state index contributed by atoms with van der Waals surface area (Å²) in [6.07, 6.45) is 3.55. The van der Waals surface area contributed by atoms with Crippen LogP contribution >= 0.6 is 0 Å². The minimum absolute atomic E-state index is 0.0374. The average molecular weight is 415 g/mol. The molecule has 0 radical (unpaired) electrons. The maximum atomic E-state index is 13.6. The van der Waals surface area contributed by atoms with E-state index in [1.807, 2.05) is 56.0 Å². The Morgan fingerprint density at radius 1 is 1.07 bits per heavy atom. The van der Waals surface area contributed by atoms with E-state index in [-0.39, 0.29) is 35.8 Å². The number of hydrogen-bond acceptors (Lipinski definition) is 4. The Kier molecular flexibility index (Phi) is 5.33. The number of fused-ring (bicyclic) bond motifs is 1. The summed E-state index contributed by atoms with van der Waals surface area (Å²) in [5.74, 6) is 0.307. The maximum Gasteiger partial charge on any atom is 0.410 e. The summed E-state index contributed by atoms with van der Waals surface area (Å²) in [5, 5.41) is 11.7. The van der Waals surface area contributed by atoms with Crippen molar-refractivity contribution in [3.63, 3.8) is 0 Å². The Morgan fingerprint density at radius 2 is 1.63 bits per heavy atom. The molecule has 3 atom stereocenters. The molecule has 3 fully saturated rings. The number of benzene rings is 1. The lowest BCUT2D eigenvalue weighted by Crippen LogP contribution is -2.51. The van der Waals surface area contributed by atoms with E-state index in [2.05, 4.69) is 0 Å². The number of rotatable bonds is 4. The van der Waals surface area contributed by atoms with Crippen molar-refractivity contribution in [1.29, 1.82) is 0 Å². The predicted octanol–water partition coefficient (Wildman–Crippen LogP) is 3.39. The van der Waals surface area contributed by atoms with Crippen LogP contribution in [0.5, 0.6) is 0 Å². The second-order valence-electron chi connectivity index (χ2n) is 10.2. The summed E-state index contributed by atoms with van der Waals surface area (Å²) in [6.45, 7) is 6.76. The van der Waals surface area contributed by atoms with E-state index in [1.54, 1.807) is 11.9 Å². The fraction of sp³-hybridized carbons (Fsp3) is 0.667. The first-order valence-electron chi connectivity index (χ1n) is 11.2. The van der Waals surface area contributed by atoms with Crippen LogP contribution in [0.3, 0.4) is 0 Å². The first-order valence-corrected chi connectivity index (χ1v) is 11.2. The van der Waals surface area contributed by atoms with Crippen molar-refractivity contribution in [2.75, 3.05) is 20.1 Å². The van der Waals surface area contributed by atoms with Gasteiger partial charge in [0.2, 0.25) is 0 Å². The fourth-order valence-corrected chi connectivity index (χ4v) is 5.50. The van der Waals surface area contributed by atoms with Gasteiger partial charge in [0.05, 0.1) is 0 Å². The SMILES string of the molecule is CN(C(=O)OC(C)(C)C)C1C2CN(C(=O)C(O)(c3ccccc3)C3CCCC3)CC21. The number of aliphatic hydroxyl groups is 1. The number of hydrogen-bond donors (Lipinski definition) is 1. The molecule has 0 spiro atoms. The zero-order valence-corrected chi connectivity index (χ0v) is 18.5. The van der Waals surface area contributed by atoms with Gasteiger partial charge < -0.3 is 19.6 Å². The van der Waals surface area contributed by atoms with Crippen LogP contribution in [0.25, 0.3) is 0 Å². The Labute approximate surface area is 179 Å². The van der Waals surface area contributed by atoms with Gasteiger partial charge in [0.1, 0.15) is 5.60 Å². The number of likely N-dealkylation sites (tertiary alicyclic amines) is 1. The molecule has 1 saturated heterocycles. The molecule has 1 aliphatic heterocycles. The van der Waals surface area contributed by atoms with Crippen molar-refractivity contribution >= 4 is 12.0 Å². The standard InChI is InChI=1S/C24H34N2O4/c1-23(2,3)30-22(28)25(4)20-18-14-26(15-19(18)20)21(27)24(29,17-12-8-9-13-17)16-10-6-5-7-11-16/h5-7,10-11,17-20,29H,8-9,12-15H2,1-4H3. The van der Waals surface area contributed by atoms with Gasteiger partial charge in [-0.1, -0.05) is 43.2 Å². The lowest BCUT2D eigenvalue weighted by Gasteiger charge is -2.37. The van der Waals surface area contributed by atoms with Crippen LogP contribution < -0.4 is 0 Å². The van der Waals surface area contributed by atoms with Gasteiger partial charge in [-0.2, -0.15) is 0 Å². The Morgan fingerprint density at radius 3 is 2.17 bits per heavy atom. The average Bonchev–Trinajstić information content (AvgIpc) is 3.11. The van der Waals surface area contributed by atoms with Crippen molar-refractivity contribution in [1.82, 2.24) is 9.80 Å². The predicted molar refractivity (Wildman–Crippen MR) is 114 cm³/mol. The molecule has 2 amide bonds. The summed E-state index contributed by atoms with van der Waals surface area (Å²) in [5.41, 5.74) is -1.28. The first kappa shape index (κ1) is 21.2. The number of piperidine rings is 1. The highest BCUT2D eigenvalue weighted by Crippen LogP contribution is 2.51. The van der Waals surface area contributed by atoms with Crippen LogP contribution in [0.2, 0.25) is 0 Å². The molecule has 3 aliphatic rings. The molecule has 1 N–H and O–H groups in total. The van der Waals surface area contributed by atoms with Crippen LogP contribution in [-0.2, 0) is 15.1 Å². The van der Waals surface area contributed by atoms with E-state index >= 15 is 0 Å². The number of carbonyl (C=O) groups is 2. The van der Waals surface area contributed by atoms with Gasteiger partial charge in [0, 0.05) is 43.9 Å². The van der Waals surface area contributed by atoms with E-state index in [0.717, 1.165) is 25.7 Å². The third kappa shape index (κ3) is 3.70. The second-order valence-corrected chi connectivity index (χ2v) is 10.2. The molecule has 1 aromatic carbocycles. The number of amides is 2. The smallest absolute Gasteiger partial charge is 0.410 e. The largest absolute Gasteiger partial charge is 0.444 e. The van der Waals surface area contributed by atoms with E-state index in [9.17, 15) is 14.7 Å². The molecule has 164 valence electrons. The van der Waals surface area contributed by atoms with Gasteiger partial charge in [-0.3, -0.25) is 4.79 Å². The highest BCUT2D eigenvalue weighted by molar-refractivity contribution is 5.87. The fourth-order valence-electron chi connectivity index (χ4n) is 5.50. The van der Waals surface area contributed by atoms with Crippen molar-refractivity contribution in [3.05, 3.63) is 35.9 Å². The Hall–Kier alpha value is -2.08. The van der Waals surface area contributed by atoms with E-state index in [0.29, 0.717) is 18.7 Å². The summed E-state index contributed by atoms with van der Waals surface area (Å²) in [4.78, 5) is 29.5. The molecular weight excluding hydrogens is 380 g/mol. The molecule has 30 heavy (non-hydrogen) atoms. The first-order chi connectivity index (χ1) is 14.1. The van der Waals surface area contributed by atoms with Crippen LogP contribution in [0.1, 0.15) is 52.0 Å². The number of nitrogens with zero attached hydrogens (tertiary/aromatic N) is 2. The van der Waals surface area contributed by atoms with Gasteiger partial charge >= 0.3 is 6.09 Å². The van der Waals surface area contributed by atoms with Crippen molar-refractivity contribution in [2.24, 2.45) is 17.8 Å². The molecule has 6 nitrogen and oxygen atoms in total. The van der Waals surface area contributed by atoms with Crippen LogP contribution in [0.15, 0.2) is 30.3 Å². The minimum atomic E-state index is -1.46. The molecular formula is C24H34N2O4. The van der Waals surface area contributed by atoms with E-state index in [1.165, 1.54) is 0 Å². The minimum Gasteiger partial charge on any atom is -0.444 e. The van der Waals surface area contributed by atoms with E-state index in [4.69, 9.17) is 4.74 Å². The van der Waals surface area contributed by atoms with Crippen LogP contribution in [0, 0.1) is 17.8 Å². The normalized spacial score (nSPS) is 28.0. The topological polar surface area (TPSA) is 70.1 Å². The quantitative estimate of drug-likeness (QED) is 0.820. The van der Waals surface area contributed by atoms with Gasteiger partial charge in [-0.05, 0) is 39.2 Å². The monoisotopic (exact) mass is 414 g/mol. The molecule has 1 aromatic rings. The summed E-state index contributed by atoms with van der Waals surface area (Å²) < 4.78 is 5.49.